The topological polar surface area (TPSA) is 104 Å². The van der Waals surface area contributed by atoms with Crippen LogP contribution in [0.1, 0.15) is 19.4 Å². The average molecular weight is 449 g/mol. The van der Waals surface area contributed by atoms with Gasteiger partial charge >= 0.3 is 0 Å². The monoisotopic (exact) mass is 448 g/mol. The number of anilines is 4. The number of nitrogens with one attached hydrogen (secondary N) is 2. The van der Waals surface area contributed by atoms with Crippen LogP contribution in [0.3, 0.4) is 0 Å². The predicted molar refractivity (Wildman–Crippen MR) is 132 cm³/mol. The van der Waals surface area contributed by atoms with Crippen molar-refractivity contribution in [3.8, 4) is 11.3 Å². The number of halogens is 1. The van der Waals surface area contributed by atoms with E-state index in [0.29, 0.717) is 17.1 Å². The summed E-state index contributed by atoms with van der Waals surface area (Å²) < 4.78 is 14.7. The number of piperazine rings is 1. The summed E-state index contributed by atoms with van der Waals surface area (Å²) in [5.74, 6) is 0.512. The lowest BCUT2D eigenvalue weighted by molar-refractivity contribution is 0.589. The van der Waals surface area contributed by atoms with Crippen molar-refractivity contribution in [3.63, 3.8) is 0 Å². The quantitative estimate of drug-likeness (QED) is 0.392. The van der Waals surface area contributed by atoms with E-state index in [0.717, 1.165) is 49.3 Å². The van der Waals surface area contributed by atoms with E-state index in [4.69, 9.17) is 5.73 Å². The fourth-order valence-corrected chi connectivity index (χ4v) is 3.93. The van der Waals surface area contributed by atoms with Crippen LogP contribution in [0.25, 0.3) is 11.3 Å². The maximum Gasteiger partial charge on any atom is 0.229 e. The van der Waals surface area contributed by atoms with Crippen molar-refractivity contribution >= 4 is 28.9 Å². The summed E-state index contributed by atoms with van der Waals surface area (Å²) in [5.41, 5.74) is 10.3. The van der Waals surface area contributed by atoms with Crippen molar-refractivity contribution in [1.29, 1.82) is 0 Å². The SMILES string of the molecule is CN=C(c1cc(-c2nc(Nc3ccc(N4CCNCC4)cn3)ncc2F)ccc1N)C(C)C. The fourth-order valence-electron chi connectivity index (χ4n) is 3.93. The second kappa shape index (κ2) is 9.91. The lowest BCUT2D eigenvalue weighted by Gasteiger charge is -2.29. The first-order chi connectivity index (χ1) is 16.0. The van der Waals surface area contributed by atoms with Crippen LogP contribution in [-0.2, 0) is 0 Å². The number of hydrogen-bond donors (Lipinski definition) is 3. The summed E-state index contributed by atoms with van der Waals surface area (Å²) in [6, 6.07) is 9.21. The van der Waals surface area contributed by atoms with Crippen molar-refractivity contribution in [2.45, 2.75) is 13.8 Å². The fraction of sp³-hybridized carbons (Fsp3) is 0.333. The zero-order chi connectivity index (χ0) is 23.4. The highest BCUT2D eigenvalue weighted by atomic mass is 19.1. The van der Waals surface area contributed by atoms with Gasteiger partial charge in [0.25, 0.3) is 0 Å². The van der Waals surface area contributed by atoms with E-state index in [1.807, 2.05) is 38.2 Å². The summed E-state index contributed by atoms with van der Waals surface area (Å²) >= 11 is 0. The highest BCUT2D eigenvalue weighted by Crippen LogP contribution is 2.27. The number of pyridine rings is 1. The molecule has 1 saturated heterocycles. The smallest absolute Gasteiger partial charge is 0.229 e. The van der Waals surface area contributed by atoms with E-state index in [1.54, 1.807) is 19.2 Å². The highest BCUT2D eigenvalue weighted by molar-refractivity contribution is 6.06. The first-order valence-corrected chi connectivity index (χ1v) is 11.0. The van der Waals surface area contributed by atoms with Crippen LogP contribution in [0.15, 0.2) is 47.7 Å². The minimum Gasteiger partial charge on any atom is -0.398 e. The lowest BCUT2D eigenvalue weighted by Crippen LogP contribution is -2.43. The molecule has 9 heteroatoms. The van der Waals surface area contributed by atoms with Gasteiger partial charge in [0.2, 0.25) is 5.95 Å². The maximum absolute atomic E-state index is 14.7. The first kappa shape index (κ1) is 22.6. The molecule has 0 radical (unpaired) electrons. The average Bonchev–Trinajstić information content (AvgIpc) is 2.83. The van der Waals surface area contributed by atoms with Crippen molar-refractivity contribution in [3.05, 3.63) is 54.1 Å². The number of benzene rings is 1. The van der Waals surface area contributed by atoms with Gasteiger partial charge in [0.1, 0.15) is 11.5 Å². The standard InChI is InChI=1S/C24H29FN8/c1-15(2)22(27-3)18-12-16(4-6-20(18)26)23-19(25)14-30-24(32-23)31-21-7-5-17(13-29-21)33-10-8-28-9-11-33/h4-7,12-15,28H,8-11,26H2,1-3H3,(H,29,30,31,32). The summed E-state index contributed by atoms with van der Waals surface area (Å²) in [7, 11) is 1.73. The molecule has 0 spiro atoms. The third-order valence-electron chi connectivity index (χ3n) is 5.60. The minimum absolute atomic E-state index is 0.176. The van der Waals surface area contributed by atoms with Crippen LogP contribution in [0.5, 0.6) is 0 Å². The minimum atomic E-state index is -0.516. The molecular weight excluding hydrogens is 419 g/mol. The molecule has 0 atom stereocenters. The molecule has 4 N–H and O–H groups in total. The van der Waals surface area contributed by atoms with Gasteiger partial charge in [-0.25, -0.2) is 19.3 Å². The van der Waals surface area contributed by atoms with E-state index in [2.05, 4.69) is 35.5 Å². The van der Waals surface area contributed by atoms with Gasteiger partial charge in [-0.1, -0.05) is 19.9 Å². The number of hydrogen-bond acceptors (Lipinski definition) is 8. The lowest BCUT2D eigenvalue weighted by atomic mass is 9.95. The Bertz CT molecular complexity index is 1140. The Hall–Kier alpha value is -3.59. The molecule has 0 aliphatic carbocycles. The molecule has 172 valence electrons. The van der Waals surface area contributed by atoms with Gasteiger partial charge < -0.3 is 21.3 Å². The summed E-state index contributed by atoms with van der Waals surface area (Å²) in [5, 5.41) is 6.41. The molecule has 3 heterocycles. The van der Waals surface area contributed by atoms with E-state index in [1.165, 1.54) is 0 Å². The molecule has 0 bridgehead atoms. The Morgan fingerprint density at radius 1 is 1.15 bits per heavy atom. The second-order valence-electron chi connectivity index (χ2n) is 8.22. The number of rotatable bonds is 6. The third-order valence-corrected chi connectivity index (χ3v) is 5.60. The van der Waals surface area contributed by atoms with E-state index in [9.17, 15) is 4.39 Å². The van der Waals surface area contributed by atoms with Gasteiger partial charge in [0.15, 0.2) is 5.82 Å². The van der Waals surface area contributed by atoms with Crippen LogP contribution >= 0.6 is 0 Å². The molecule has 1 aliphatic heterocycles. The van der Waals surface area contributed by atoms with Gasteiger partial charge in [-0.3, -0.25) is 4.99 Å². The highest BCUT2D eigenvalue weighted by Gasteiger charge is 2.16. The van der Waals surface area contributed by atoms with Gasteiger partial charge in [-0.05, 0) is 30.2 Å². The molecule has 0 saturated carbocycles. The number of aromatic nitrogens is 3. The molecule has 2 aromatic heterocycles. The van der Waals surface area contributed by atoms with Crippen molar-refractivity contribution in [2.24, 2.45) is 10.9 Å². The number of nitrogens with two attached hydrogens (primary N) is 1. The number of aliphatic imine (C=N–C) groups is 1. The molecule has 3 aromatic rings. The largest absolute Gasteiger partial charge is 0.398 e. The molecule has 1 fully saturated rings. The molecule has 4 rings (SSSR count). The van der Waals surface area contributed by atoms with Crippen molar-refractivity contribution in [1.82, 2.24) is 20.3 Å². The zero-order valence-electron chi connectivity index (χ0n) is 19.1. The Morgan fingerprint density at radius 2 is 1.94 bits per heavy atom. The molecule has 1 aromatic carbocycles. The van der Waals surface area contributed by atoms with Crippen molar-refractivity contribution in [2.75, 3.05) is 49.2 Å². The van der Waals surface area contributed by atoms with Gasteiger partial charge in [-0.2, -0.15) is 0 Å². The van der Waals surface area contributed by atoms with E-state index in [-0.39, 0.29) is 17.6 Å². The second-order valence-corrected chi connectivity index (χ2v) is 8.22. The van der Waals surface area contributed by atoms with Crippen LogP contribution in [0, 0.1) is 11.7 Å². The summed E-state index contributed by atoms with van der Waals surface area (Å²) in [6.45, 7) is 7.90. The van der Waals surface area contributed by atoms with E-state index < -0.39 is 5.82 Å². The van der Waals surface area contributed by atoms with Crippen LogP contribution < -0.4 is 21.3 Å². The normalized spacial score (nSPS) is 14.6. The molecule has 8 nitrogen and oxygen atoms in total. The Labute approximate surface area is 193 Å². The molecule has 0 unspecified atom stereocenters. The number of nitrogen functional groups attached to an aromatic ring is 1. The maximum atomic E-state index is 14.7. The van der Waals surface area contributed by atoms with Crippen LogP contribution in [-0.4, -0.2) is 53.9 Å². The molecule has 1 aliphatic rings. The first-order valence-electron chi connectivity index (χ1n) is 11.0. The van der Waals surface area contributed by atoms with Gasteiger partial charge in [0.05, 0.1) is 18.1 Å². The van der Waals surface area contributed by atoms with E-state index >= 15 is 0 Å². The van der Waals surface area contributed by atoms with Crippen molar-refractivity contribution < 1.29 is 4.39 Å². The van der Waals surface area contributed by atoms with Gasteiger partial charge in [-0.15, -0.1) is 0 Å². The summed E-state index contributed by atoms with van der Waals surface area (Å²) in [4.78, 5) is 19.6. The Balaban J connectivity index is 1.58. The molecule has 33 heavy (non-hydrogen) atoms. The molecule has 0 amide bonds. The molecular formula is C24H29FN8. The predicted octanol–water partition coefficient (Wildman–Crippen LogP) is 3.49. The van der Waals surface area contributed by atoms with Crippen LogP contribution in [0.4, 0.5) is 27.5 Å². The Kier molecular flexibility index (Phi) is 6.79. The van der Waals surface area contributed by atoms with Crippen LogP contribution in [0.2, 0.25) is 0 Å². The number of nitrogens with zero attached hydrogens (tertiary/aromatic N) is 5. The van der Waals surface area contributed by atoms with Gasteiger partial charge in [0, 0.05) is 55.8 Å². The zero-order valence-corrected chi connectivity index (χ0v) is 19.1. The Morgan fingerprint density at radius 3 is 2.61 bits per heavy atom. The third kappa shape index (κ3) is 5.09. The summed E-state index contributed by atoms with van der Waals surface area (Å²) in [6.07, 6.45) is 2.98.